The Hall–Kier alpha value is -4.09. The van der Waals surface area contributed by atoms with Crippen molar-refractivity contribution < 1.29 is 23.8 Å². The number of likely N-dealkylation sites (tertiary alicyclic amines) is 1. The summed E-state index contributed by atoms with van der Waals surface area (Å²) in [6, 6.07) is 11.2. The van der Waals surface area contributed by atoms with Crippen LogP contribution in [-0.4, -0.2) is 50.6 Å². The standard InChI is InChI=1S/C28H26FN5O4S/c29-19-12-18(33-28(37)32-17-4-5-17)6-8-23(19)38-24-9-10-30-21-13-25(39-26(21)24)20-7-3-16(14-31-20)15-34-11-1-2-22(34)27(35)36/h3,6-10,12-14,17,22H,1-2,4-5,11,15H2,(H,35,36)(H2,32,33,37). The highest BCUT2D eigenvalue weighted by atomic mass is 32.1. The number of amides is 2. The van der Waals surface area contributed by atoms with Crippen molar-refractivity contribution in [3.8, 4) is 22.1 Å². The fourth-order valence-corrected chi connectivity index (χ4v) is 5.72. The van der Waals surface area contributed by atoms with Crippen molar-refractivity contribution in [2.45, 2.75) is 44.3 Å². The third-order valence-corrected chi connectivity index (χ3v) is 7.97. The zero-order valence-electron chi connectivity index (χ0n) is 20.9. The number of hydrogen-bond acceptors (Lipinski definition) is 7. The van der Waals surface area contributed by atoms with Gasteiger partial charge in [0.15, 0.2) is 11.6 Å². The van der Waals surface area contributed by atoms with Crippen molar-refractivity contribution >= 4 is 39.2 Å². The van der Waals surface area contributed by atoms with E-state index in [0.717, 1.165) is 46.6 Å². The summed E-state index contributed by atoms with van der Waals surface area (Å²) in [6.07, 6.45) is 6.86. The number of ether oxygens (including phenoxy) is 1. The second-order valence-electron chi connectivity index (χ2n) is 9.77. The zero-order valence-corrected chi connectivity index (χ0v) is 21.7. The highest BCUT2D eigenvalue weighted by Crippen LogP contribution is 2.39. The molecule has 2 fully saturated rings. The number of carbonyl (C=O) groups excluding carboxylic acids is 1. The molecule has 200 valence electrons. The normalized spacial score (nSPS) is 17.3. The number of fused-ring (bicyclic) bond motifs is 1. The number of halogens is 1. The molecule has 3 aromatic heterocycles. The number of aromatic nitrogens is 2. The largest absolute Gasteiger partial charge is 0.480 e. The van der Waals surface area contributed by atoms with Gasteiger partial charge in [0, 0.05) is 42.8 Å². The lowest BCUT2D eigenvalue weighted by Gasteiger charge is -2.20. The molecule has 1 aliphatic heterocycles. The van der Waals surface area contributed by atoms with E-state index in [-0.39, 0.29) is 17.8 Å². The van der Waals surface area contributed by atoms with Crippen molar-refractivity contribution in [3.63, 3.8) is 0 Å². The fraction of sp³-hybridized carbons (Fsp3) is 0.286. The molecule has 1 saturated heterocycles. The number of anilines is 1. The Morgan fingerprint density at radius 3 is 2.72 bits per heavy atom. The van der Waals surface area contributed by atoms with Crippen LogP contribution in [0.3, 0.4) is 0 Å². The molecule has 2 amide bonds. The Labute approximate surface area is 227 Å². The van der Waals surface area contributed by atoms with Crippen molar-refractivity contribution in [1.82, 2.24) is 20.2 Å². The molecule has 0 spiro atoms. The third-order valence-electron chi connectivity index (χ3n) is 6.81. The van der Waals surface area contributed by atoms with Gasteiger partial charge in [-0.15, -0.1) is 11.3 Å². The van der Waals surface area contributed by atoms with Crippen molar-refractivity contribution in [3.05, 3.63) is 66.2 Å². The quantitative estimate of drug-likeness (QED) is 0.262. The Morgan fingerprint density at radius 1 is 1.10 bits per heavy atom. The smallest absolute Gasteiger partial charge is 0.320 e. The topological polar surface area (TPSA) is 117 Å². The monoisotopic (exact) mass is 547 g/mol. The number of aliphatic carboxylic acids is 1. The summed E-state index contributed by atoms with van der Waals surface area (Å²) < 4.78 is 21.5. The second kappa shape index (κ2) is 10.6. The number of carboxylic acids is 1. The van der Waals surface area contributed by atoms with Crippen LogP contribution in [-0.2, 0) is 11.3 Å². The summed E-state index contributed by atoms with van der Waals surface area (Å²) in [7, 11) is 0. The highest BCUT2D eigenvalue weighted by Gasteiger charge is 2.30. The first-order valence-electron chi connectivity index (χ1n) is 12.8. The van der Waals surface area contributed by atoms with E-state index in [4.69, 9.17) is 4.74 Å². The van der Waals surface area contributed by atoms with Gasteiger partial charge in [0.05, 0.1) is 20.8 Å². The maximum atomic E-state index is 14.8. The van der Waals surface area contributed by atoms with E-state index in [9.17, 15) is 19.1 Å². The summed E-state index contributed by atoms with van der Waals surface area (Å²) in [4.78, 5) is 35.3. The summed E-state index contributed by atoms with van der Waals surface area (Å²) in [6.45, 7) is 1.31. The first-order valence-corrected chi connectivity index (χ1v) is 13.6. The number of carboxylic acid groups (broad SMARTS) is 1. The van der Waals surface area contributed by atoms with Crippen LogP contribution >= 0.6 is 11.3 Å². The highest BCUT2D eigenvalue weighted by molar-refractivity contribution is 7.22. The Bertz CT molecular complexity index is 1540. The van der Waals surface area contributed by atoms with Crippen molar-refractivity contribution in [2.24, 2.45) is 0 Å². The van der Waals surface area contributed by atoms with E-state index in [1.165, 1.54) is 23.5 Å². The molecule has 0 bridgehead atoms. The molecule has 39 heavy (non-hydrogen) atoms. The molecule has 0 radical (unpaired) electrons. The number of rotatable bonds is 8. The molecule has 6 rings (SSSR count). The summed E-state index contributed by atoms with van der Waals surface area (Å²) in [5.74, 6) is -0.875. The van der Waals surface area contributed by atoms with E-state index in [1.54, 1.807) is 24.5 Å². The van der Waals surface area contributed by atoms with Crippen LogP contribution in [0.4, 0.5) is 14.9 Å². The number of pyridine rings is 2. The van der Waals surface area contributed by atoms with Crippen LogP contribution in [0.15, 0.2) is 54.9 Å². The Kier molecular flexibility index (Phi) is 6.84. The predicted octanol–water partition coefficient (Wildman–Crippen LogP) is 5.62. The minimum atomic E-state index is -0.781. The van der Waals surface area contributed by atoms with Gasteiger partial charge in [0.1, 0.15) is 11.8 Å². The molecule has 1 aliphatic carbocycles. The van der Waals surface area contributed by atoms with Crippen LogP contribution < -0.4 is 15.4 Å². The van der Waals surface area contributed by atoms with Crippen LogP contribution in [0.5, 0.6) is 11.5 Å². The van der Waals surface area contributed by atoms with Gasteiger partial charge in [-0.2, -0.15) is 0 Å². The summed E-state index contributed by atoms with van der Waals surface area (Å²) in [5, 5.41) is 14.9. The lowest BCUT2D eigenvalue weighted by molar-refractivity contribution is -0.142. The number of nitrogens with one attached hydrogen (secondary N) is 2. The van der Waals surface area contributed by atoms with Crippen LogP contribution in [0.2, 0.25) is 0 Å². The average molecular weight is 548 g/mol. The summed E-state index contributed by atoms with van der Waals surface area (Å²) in [5.41, 5.74) is 2.76. The van der Waals surface area contributed by atoms with Gasteiger partial charge in [-0.25, -0.2) is 9.18 Å². The van der Waals surface area contributed by atoms with Crippen molar-refractivity contribution in [1.29, 1.82) is 0 Å². The Morgan fingerprint density at radius 2 is 1.97 bits per heavy atom. The predicted molar refractivity (Wildman–Crippen MR) is 146 cm³/mol. The lowest BCUT2D eigenvalue weighted by Crippen LogP contribution is -2.35. The molecule has 1 saturated carbocycles. The van der Waals surface area contributed by atoms with E-state index in [2.05, 4.69) is 20.6 Å². The molecule has 4 heterocycles. The zero-order chi connectivity index (χ0) is 26.9. The van der Waals surface area contributed by atoms with Gasteiger partial charge < -0.3 is 20.5 Å². The second-order valence-corrected chi connectivity index (χ2v) is 10.8. The van der Waals surface area contributed by atoms with Gasteiger partial charge in [-0.05, 0) is 62.1 Å². The van der Waals surface area contributed by atoms with Gasteiger partial charge in [0.2, 0.25) is 0 Å². The van der Waals surface area contributed by atoms with Gasteiger partial charge in [-0.1, -0.05) is 6.07 Å². The number of carbonyl (C=O) groups is 2. The molecule has 11 heteroatoms. The Balaban J connectivity index is 1.17. The van der Waals surface area contributed by atoms with Crippen LogP contribution in [0.1, 0.15) is 31.2 Å². The van der Waals surface area contributed by atoms with Crippen LogP contribution in [0.25, 0.3) is 20.8 Å². The van der Waals surface area contributed by atoms with Gasteiger partial charge >= 0.3 is 12.0 Å². The molecule has 3 N–H and O–H groups in total. The number of urea groups is 1. The van der Waals surface area contributed by atoms with E-state index in [0.29, 0.717) is 29.9 Å². The minimum Gasteiger partial charge on any atom is -0.480 e. The van der Waals surface area contributed by atoms with Crippen molar-refractivity contribution in [2.75, 3.05) is 11.9 Å². The number of thiophene rings is 1. The minimum absolute atomic E-state index is 0.0367. The molecule has 1 atom stereocenters. The third kappa shape index (κ3) is 5.69. The number of nitrogens with zero attached hydrogens (tertiary/aromatic N) is 3. The fourth-order valence-electron chi connectivity index (χ4n) is 4.67. The number of benzene rings is 1. The van der Waals surface area contributed by atoms with E-state index < -0.39 is 17.8 Å². The first kappa shape index (κ1) is 25.2. The lowest BCUT2D eigenvalue weighted by atomic mass is 10.2. The first-order chi connectivity index (χ1) is 18.9. The molecule has 1 aromatic carbocycles. The molecule has 1 unspecified atom stereocenters. The SMILES string of the molecule is O=C(Nc1ccc(Oc2ccnc3cc(-c4ccc(CN5CCCC5C(=O)O)cn4)sc23)c(F)c1)NC1CC1. The molecule has 9 nitrogen and oxygen atoms in total. The van der Waals surface area contributed by atoms with Crippen LogP contribution in [0, 0.1) is 5.82 Å². The maximum absolute atomic E-state index is 14.8. The van der Waals surface area contributed by atoms with E-state index in [1.807, 2.05) is 23.1 Å². The van der Waals surface area contributed by atoms with E-state index >= 15 is 0 Å². The molecular formula is C28H26FN5O4S. The summed E-state index contributed by atoms with van der Waals surface area (Å²) >= 11 is 1.44. The van der Waals surface area contributed by atoms with Gasteiger partial charge in [-0.3, -0.25) is 19.7 Å². The molecule has 2 aliphatic rings. The maximum Gasteiger partial charge on any atom is 0.320 e. The molecule has 4 aromatic rings. The number of hydrogen-bond donors (Lipinski definition) is 3. The molecular weight excluding hydrogens is 521 g/mol. The average Bonchev–Trinajstić information content (AvgIpc) is 3.41. The van der Waals surface area contributed by atoms with Gasteiger partial charge in [0.25, 0.3) is 0 Å².